The second kappa shape index (κ2) is 5.78. The van der Waals surface area contributed by atoms with Gasteiger partial charge < -0.3 is 4.74 Å². The van der Waals surface area contributed by atoms with Crippen LogP contribution in [0, 0.1) is 12.3 Å². The van der Waals surface area contributed by atoms with Crippen molar-refractivity contribution in [1.29, 1.82) is 0 Å². The number of hydrogen-bond acceptors (Lipinski definition) is 4. The smallest absolute Gasteiger partial charge is 0.265 e. The Morgan fingerprint density at radius 1 is 1.08 bits per heavy atom. The molecular weight excluding hydrogens is 320 g/mol. The van der Waals surface area contributed by atoms with E-state index in [2.05, 4.69) is 5.92 Å². The van der Waals surface area contributed by atoms with Crippen LogP contribution < -0.4 is 14.5 Å². The first-order valence-corrected chi connectivity index (χ1v) is 8.23. The first-order chi connectivity index (χ1) is 12.1. The first-order valence-electron chi connectivity index (χ1n) is 8.23. The van der Waals surface area contributed by atoms with E-state index in [0.717, 1.165) is 12.8 Å². The molecule has 3 aliphatic rings. The van der Waals surface area contributed by atoms with Gasteiger partial charge in [-0.1, -0.05) is 5.92 Å². The lowest BCUT2D eigenvalue weighted by atomic mass is 9.93. The third kappa shape index (κ3) is 2.31. The Morgan fingerprint density at radius 3 is 2.40 bits per heavy atom. The van der Waals surface area contributed by atoms with Gasteiger partial charge in [-0.15, -0.1) is 6.42 Å². The van der Waals surface area contributed by atoms with Gasteiger partial charge in [-0.25, -0.2) is 4.90 Å². The van der Waals surface area contributed by atoms with E-state index < -0.39 is 0 Å². The number of ether oxygens (including phenoxy) is 1. The number of amides is 3. The summed E-state index contributed by atoms with van der Waals surface area (Å²) >= 11 is 0. The zero-order valence-electron chi connectivity index (χ0n) is 13.6. The van der Waals surface area contributed by atoms with Gasteiger partial charge in [0.25, 0.3) is 17.7 Å². The molecule has 6 nitrogen and oxygen atoms in total. The molecule has 0 fully saturated rings. The number of imide groups is 1. The van der Waals surface area contributed by atoms with Gasteiger partial charge in [0.05, 0.1) is 17.9 Å². The summed E-state index contributed by atoms with van der Waals surface area (Å²) in [4.78, 5) is 40.1. The molecule has 0 atom stereocenters. The second-order valence-corrected chi connectivity index (χ2v) is 6.23. The fraction of sp³-hybridized carbons (Fsp3) is 0.316. The monoisotopic (exact) mass is 336 g/mol. The van der Waals surface area contributed by atoms with Crippen molar-refractivity contribution in [2.45, 2.75) is 25.7 Å². The Bertz CT molecular complexity index is 850. The minimum atomic E-state index is -0.258. The molecular formula is C19H16N2O4. The van der Waals surface area contributed by atoms with Crippen LogP contribution in [0.1, 0.15) is 25.7 Å². The van der Waals surface area contributed by atoms with Crippen molar-refractivity contribution >= 4 is 29.1 Å². The Hall–Kier alpha value is -3.07. The zero-order chi connectivity index (χ0) is 17.6. The summed E-state index contributed by atoms with van der Waals surface area (Å²) in [5, 5.41) is 0. The molecule has 25 heavy (non-hydrogen) atoms. The van der Waals surface area contributed by atoms with Gasteiger partial charge in [0.15, 0.2) is 6.61 Å². The van der Waals surface area contributed by atoms with E-state index in [1.807, 2.05) is 0 Å². The summed E-state index contributed by atoms with van der Waals surface area (Å²) in [5.74, 6) is 2.19. The number of rotatable bonds is 2. The van der Waals surface area contributed by atoms with E-state index in [-0.39, 0.29) is 30.9 Å². The van der Waals surface area contributed by atoms with Crippen LogP contribution in [0.3, 0.4) is 0 Å². The maximum atomic E-state index is 12.7. The summed E-state index contributed by atoms with van der Waals surface area (Å²) in [6.45, 7) is 0.0285. The minimum Gasteiger partial charge on any atom is -0.482 e. The number of nitrogens with zero attached hydrogens (tertiary/aromatic N) is 2. The molecule has 0 unspecified atom stereocenters. The molecule has 3 amide bonds. The number of terminal acetylenes is 1. The fourth-order valence-corrected chi connectivity index (χ4v) is 3.57. The summed E-state index contributed by atoms with van der Waals surface area (Å²) in [5.41, 5.74) is 2.17. The Balaban J connectivity index is 1.74. The minimum absolute atomic E-state index is 0.0779. The maximum Gasteiger partial charge on any atom is 0.265 e. The Labute approximate surface area is 145 Å². The molecule has 1 aromatic carbocycles. The van der Waals surface area contributed by atoms with Gasteiger partial charge in [0.1, 0.15) is 5.75 Å². The second-order valence-electron chi connectivity index (χ2n) is 6.23. The third-order valence-electron chi connectivity index (χ3n) is 4.78. The van der Waals surface area contributed by atoms with Crippen molar-refractivity contribution in [2.24, 2.45) is 0 Å². The molecule has 1 aliphatic carbocycles. The topological polar surface area (TPSA) is 66.9 Å². The van der Waals surface area contributed by atoms with Gasteiger partial charge in [-0.3, -0.25) is 19.3 Å². The highest BCUT2D eigenvalue weighted by atomic mass is 16.5. The highest BCUT2D eigenvalue weighted by Gasteiger charge is 2.40. The molecule has 0 N–H and O–H groups in total. The lowest BCUT2D eigenvalue weighted by Gasteiger charge is -2.29. The van der Waals surface area contributed by atoms with E-state index in [9.17, 15) is 14.4 Å². The number of carbonyl (C=O) groups excluding carboxylic acids is 3. The van der Waals surface area contributed by atoms with Crippen LogP contribution in [0.2, 0.25) is 0 Å². The quantitative estimate of drug-likeness (QED) is 0.610. The molecule has 2 heterocycles. The molecule has 0 bridgehead atoms. The highest BCUT2D eigenvalue weighted by Crippen LogP contribution is 2.40. The molecule has 0 radical (unpaired) electrons. The molecule has 0 aromatic heterocycles. The average molecular weight is 336 g/mol. The predicted molar refractivity (Wildman–Crippen MR) is 91.1 cm³/mol. The van der Waals surface area contributed by atoms with Crippen molar-refractivity contribution in [2.75, 3.05) is 23.0 Å². The van der Waals surface area contributed by atoms with Gasteiger partial charge in [0.2, 0.25) is 0 Å². The number of anilines is 2. The van der Waals surface area contributed by atoms with Crippen LogP contribution in [0.5, 0.6) is 5.75 Å². The highest BCUT2D eigenvalue weighted by molar-refractivity contribution is 6.33. The van der Waals surface area contributed by atoms with Crippen LogP contribution in [0.4, 0.5) is 11.4 Å². The number of benzene rings is 1. The molecule has 0 saturated carbocycles. The standard InChI is InChI=1S/C19H16N2O4/c1-2-9-20-15-10-12(7-8-16(15)25-11-17(20)22)21-18(23)13-5-3-4-6-14(13)19(21)24/h1,7-8,10H,3-6,9,11H2. The van der Waals surface area contributed by atoms with Crippen LogP contribution in [0.25, 0.3) is 0 Å². The predicted octanol–water partition coefficient (Wildman–Crippen LogP) is 1.79. The van der Waals surface area contributed by atoms with Crippen molar-refractivity contribution in [3.63, 3.8) is 0 Å². The van der Waals surface area contributed by atoms with Crippen molar-refractivity contribution in [1.82, 2.24) is 0 Å². The molecule has 126 valence electrons. The number of fused-ring (bicyclic) bond motifs is 1. The normalized spacial score (nSPS) is 19.6. The molecule has 1 aromatic rings. The Morgan fingerprint density at radius 2 is 1.76 bits per heavy atom. The van der Waals surface area contributed by atoms with Crippen molar-refractivity contribution in [3.05, 3.63) is 29.3 Å². The number of hydrogen-bond donors (Lipinski definition) is 0. The molecule has 4 rings (SSSR count). The third-order valence-corrected chi connectivity index (χ3v) is 4.78. The lowest BCUT2D eigenvalue weighted by Crippen LogP contribution is -2.39. The van der Waals surface area contributed by atoms with Crippen molar-refractivity contribution in [3.8, 4) is 18.1 Å². The van der Waals surface area contributed by atoms with Gasteiger partial charge in [0, 0.05) is 11.1 Å². The summed E-state index contributed by atoms with van der Waals surface area (Å²) in [7, 11) is 0. The van der Waals surface area contributed by atoms with E-state index in [1.165, 1.54) is 9.80 Å². The molecule has 2 aliphatic heterocycles. The Kier molecular flexibility index (Phi) is 3.57. The van der Waals surface area contributed by atoms with Crippen molar-refractivity contribution < 1.29 is 19.1 Å². The van der Waals surface area contributed by atoms with Crippen LogP contribution in [-0.2, 0) is 14.4 Å². The van der Waals surface area contributed by atoms with E-state index >= 15 is 0 Å². The summed E-state index contributed by atoms with van der Waals surface area (Å²) in [6.07, 6.45) is 8.49. The van der Waals surface area contributed by atoms with Crippen LogP contribution >= 0.6 is 0 Å². The van der Waals surface area contributed by atoms with Gasteiger partial charge >= 0.3 is 0 Å². The molecule has 6 heteroatoms. The van der Waals surface area contributed by atoms with E-state index in [0.29, 0.717) is 41.1 Å². The number of carbonyl (C=O) groups is 3. The van der Waals surface area contributed by atoms with Crippen LogP contribution in [-0.4, -0.2) is 30.9 Å². The molecule has 0 spiro atoms. The first kappa shape index (κ1) is 15.5. The largest absolute Gasteiger partial charge is 0.482 e. The fourth-order valence-electron chi connectivity index (χ4n) is 3.57. The summed E-state index contributed by atoms with van der Waals surface area (Å²) in [6, 6.07) is 4.95. The van der Waals surface area contributed by atoms with Gasteiger partial charge in [-0.2, -0.15) is 0 Å². The lowest BCUT2D eigenvalue weighted by molar-refractivity contribution is -0.121. The maximum absolute atomic E-state index is 12.7. The average Bonchev–Trinajstić information content (AvgIpc) is 2.88. The summed E-state index contributed by atoms with van der Waals surface area (Å²) < 4.78 is 5.42. The molecule has 0 saturated heterocycles. The van der Waals surface area contributed by atoms with E-state index in [1.54, 1.807) is 18.2 Å². The SMILES string of the molecule is C#CCN1C(=O)COc2ccc(N3C(=O)C4=C(CCCC4)C3=O)cc21. The van der Waals surface area contributed by atoms with Gasteiger partial charge in [-0.05, 0) is 43.9 Å². The van der Waals surface area contributed by atoms with E-state index in [4.69, 9.17) is 11.2 Å². The van der Waals surface area contributed by atoms with Crippen LogP contribution in [0.15, 0.2) is 29.3 Å². The zero-order valence-corrected chi connectivity index (χ0v) is 13.6.